The molecule has 1 aliphatic rings. The first-order chi connectivity index (χ1) is 8.65. The van der Waals surface area contributed by atoms with Gasteiger partial charge in [-0.3, -0.25) is 14.3 Å². The lowest BCUT2D eigenvalue weighted by atomic mass is 10.3. The largest absolute Gasteiger partial charge is 0.393 e. The predicted molar refractivity (Wildman–Crippen MR) is 72.7 cm³/mol. The van der Waals surface area contributed by atoms with E-state index in [2.05, 4.69) is 20.9 Å². The van der Waals surface area contributed by atoms with E-state index in [0.717, 1.165) is 0 Å². The summed E-state index contributed by atoms with van der Waals surface area (Å²) in [7, 11) is 0. The molecule has 1 aromatic heterocycles. The van der Waals surface area contributed by atoms with Crippen molar-refractivity contribution < 1.29 is 9.84 Å². The lowest BCUT2D eigenvalue weighted by molar-refractivity contribution is -0.00643. The maximum absolute atomic E-state index is 11.7. The van der Waals surface area contributed by atoms with E-state index in [0.29, 0.717) is 11.3 Å². The smallest absolute Gasteiger partial charge is 0.330 e. The van der Waals surface area contributed by atoms with E-state index in [4.69, 9.17) is 9.84 Å². The number of ether oxygens (including phenoxy) is 1. The van der Waals surface area contributed by atoms with Gasteiger partial charge in [-0.2, -0.15) is 0 Å². The van der Waals surface area contributed by atoms with Crippen molar-refractivity contribution in [3.05, 3.63) is 37.6 Å². The molecule has 8 heteroatoms. The van der Waals surface area contributed by atoms with Crippen molar-refractivity contribution in [1.82, 2.24) is 9.55 Å². The van der Waals surface area contributed by atoms with Gasteiger partial charge < -0.3 is 9.84 Å². The summed E-state index contributed by atoms with van der Waals surface area (Å²) in [5.74, 6) is 0.550. The van der Waals surface area contributed by atoms with Crippen LogP contribution in [0.5, 0.6) is 0 Å². The van der Waals surface area contributed by atoms with E-state index in [9.17, 15) is 9.59 Å². The lowest BCUT2D eigenvalue weighted by Crippen LogP contribution is -2.34. The van der Waals surface area contributed by atoms with Gasteiger partial charge in [0.25, 0.3) is 5.56 Å². The van der Waals surface area contributed by atoms with Crippen LogP contribution >= 0.6 is 27.7 Å². The highest BCUT2D eigenvalue weighted by atomic mass is 79.9. The van der Waals surface area contributed by atoms with Crippen molar-refractivity contribution in [1.29, 1.82) is 0 Å². The van der Waals surface area contributed by atoms with E-state index < -0.39 is 17.5 Å². The molecule has 98 valence electrons. The molecule has 0 unspecified atom stereocenters. The van der Waals surface area contributed by atoms with Crippen molar-refractivity contribution in [2.45, 2.75) is 11.7 Å². The monoisotopic (exact) mass is 334 g/mol. The summed E-state index contributed by atoms with van der Waals surface area (Å²) in [6, 6.07) is 0. The predicted octanol–water partition coefficient (Wildman–Crippen LogP) is 0.483. The molecule has 0 amide bonds. The Balaban J connectivity index is 2.36. The summed E-state index contributed by atoms with van der Waals surface area (Å²) in [6.45, 7) is -0.104. The first-order valence-corrected chi connectivity index (χ1v) is 7.12. The lowest BCUT2D eigenvalue weighted by Gasteiger charge is -2.13. The van der Waals surface area contributed by atoms with Gasteiger partial charge in [0, 0.05) is 11.9 Å². The minimum atomic E-state index is -0.518. The second-order valence-corrected chi connectivity index (χ2v) is 5.30. The van der Waals surface area contributed by atoms with Crippen molar-refractivity contribution in [2.24, 2.45) is 0 Å². The van der Waals surface area contributed by atoms with E-state index in [1.807, 2.05) is 0 Å². The highest BCUT2D eigenvalue weighted by molar-refractivity contribution is 9.11. The number of halogens is 1. The van der Waals surface area contributed by atoms with Gasteiger partial charge in [0.1, 0.15) is 11.7 Å². The number of aliphatic hydroxyl groups excluding tert-OH is 1. The normalized spacial score (nSPS) is 23.9. The van der Waals surface area contributed by atoms with Crippen LogP contribution in [-0.2, 0) is 4.74 Å². The van der Waals surface area contributed by atoms with Gasteiger partial charge in [-0.05, 0) is 11.1 Å². The van der Waals surface area contributed by atoms with Gasteiger partial charge in [-0.1, -0.05) is 15.9 Å². The number of nitrogens with one attached hydrogen (secondary N) is 1. The van der Waals surface area contributed by atoms with Crippen molar-refractivity contribution in [2.75, 3.05) is 12.4 Å². The molecule has 6 nitrogen and oxygen atoms in total. The van der Waals surface area contributed by atoms with Crippen LogP contribution in [0.4, 0.5) is 0 Å². The Labute approximate surface area is 115 Å². The number of rotatable bonds is 3. The Morgan fingerprint density at radius 2 is 2.44 bits per heavy atom. The minimum absolute atomic E-state index is 0.104. The number of hydrogen-bond acceptors (Lipinski definition) is 5. The fraction of sp³-hybridized carbons (Fsp3) is 0.400. The number of aromatic amines is 1. The Hall–Kier alpha value is -0.830. The third-order valence-electron chi connectivity index (χ3n) is 2.43. The third-order valence-corrected chi connectivity index (χ3v) is 3.80. The second-order valence-electron chi connectivity index (χ2n) is 3.58. The highest BCUT2D eigenvalue weighted by Crippen LogP contribution is 2.30. The van der Waals surface area contributed by atoms with Crippen molar-refractivity contribution in [3.63, 3.8) is 0 Å². The fourth-order valence-electron chi connectivity index (χ4n) is 1.59. The van der Waals surface area contributed by atoms with Crippen LogP contribution < -0.4 is 11.2 Å². The van der Waals surface area contributed by atoms with Crippen LogP contribution in [0.3, 0.4) is 0 Å². The Kier molecular flexibility index (Phi) is 4.44. The molecule has 2 N–H and O–H groups in total. The van der Waals surface area contributed by atoms with E-state index in [1.165, 1.54) is 27.5 Å². The molecule has 1 fully saturated rings. The molecule has 0 spiro atoms. The molecule has 18 heavy (non-hydrogen) atoms. The molecule has 1 saturated heterocycles. The standard InChI is InChI=1S/C10H11BrN2O4S/c11-2-1-6-3-13(10(16)12-9(6)15)7-5-18-8(4-14)17-7/h1-3,7-8,14H,4-5H2,(H,12,15,16)/t7-,8+/m0/s1. The fourth-order valence-corrected chi connectivity index (χ4v) is 2.80. The van der Waals surface area contributed by atoms with Crippen molar-refractivity contribution >= 4 is 33.8 Å². The average Bonchev–Trinajstić information content (AvgIpc) is 2.81. The molecule has 0 aromatic carbocycles. The molecular formula is C10H11BrN2O4S. The summed E-state index contributed by atoms with van der Waals surface area (Å²) < 4.78 is 6.79. The molecular weight excluding hydrogens is 324 g/mol. The molecule has 2 rings (SSSR count). The molecule has 0 aliphatic carbocycles. The Morgan fingerprint density at radius 3 is 3.06 bits per heavy atom. The zero-order valence-electron chi connectivity index (χ0n) is 9.21. The van der Waals surface area contributed by atoms with E-state index >= 15 is 0 Å². The zero-order chi connectivity index (χ0) is 13.1. The number of thioether (sulfide) groups is 1. The molecule has 2 heterocycles. The molecule has 0 radical (unpaired) electrons. The number of aliphatic hydroxyl groups is 1. The first kappa shape index (κ1) is 13.6. The van der Waals surface area contributed by atoms with Crippen molar-refractivity contribution in [3.8, 4) is 0 Å². The highest BCUT2D eigenvalue weighted by Gasteiger charge is 2.27. The summed E-state index contributed by atoms with van der Waals surface area (Å²) >= 11 is 4.50. The first-order valence-electron chi connectivity index (χ1n) is 5.16. The average molecular weight is 335 g/mol. The van der Waals surface area contributed by atoms with Gasteiger partial charge in [0.15, 0.2) is 0 Å². The summed E-state index contributed by atoms with van der Waals surface area (Å²) in [5.41, 5.74) is -0.941. The zero-order valence-corrected chi connectivity index (χ0v) is 11.6. The minimum Gasteiger partial charge on any atom is -0.393 e. The van der Waals surface area contributed by atoms with Crippen LogP contribution in [0.1, 0.15) is 11.8 Å². The number of H-pyrrole nitrogens is 1. The molecule has 2 atom stereocenters. The molecule has 1 aliphatic heterocycles. The maximum Gasteiger partial charge on any atom is 0.330 e. The number of aromatic nitrogens is 2. The second kappa shape index (κ2) is 5.87. The van der Waals surface area contributed by atoms with Gasteiger partial charge >= 0.3 is 5.69 Å². The van der Waals surface area contributed by atoms with E-state index in [1.54, 1.807) is 6.08 Å². The van der Waals surface area contributed by atoms with Crippen LogP contribution in [0.15, 0.2) is 20.8 Å². The van der Waals surface area contributed by atoms with Crippen LogP contribution in [0.25, 0.3) is 6.08 Å². The topological polar surface area (TPSA) is 84.3 Å². The number of hydrogen-bond donors (Lipinski definition) is 2. The van der Waals surface area contributed by atoms with Crippen LogP contribution in [0.2, 0.25) is 0 Å². The molecule has 0 saturated carbocycles. The third kappa shape index (κ3) is 2.77. The van der Waals surface area contributed by atoms with Crippen LogP contribution in [0, 0.1) is 0 Å². The summed E-state index contributed by atoms with van der Waals surface area (Å²) in [4.78, 5) is 27.0. The summed E-state index contributed by atoms with van der Waals surface area (Å²) in [5, 5.41) is 8.97. The van der Waals surface area contributed by atoms with Gasteiger partial charge in [-0.25, -0.2) is 4.79 Å². The van der Waals surface area contributed by atoms with Gasteiger partial charge in [-0.15, -0.1) is 11.8 Å². The van der Waals surface area contributed by atoms with Gasteiger partial charge in [0.2, 0.25) is 0 Å². The van der Waals surface area contributed by atoms with Crippen LogP contribution in [-0.4, -0.2) is 32.5 Å². The Bertz CT molecular complexity index is 568. The summed E-state index contributed by atoms with van der Waals surface area (Å²) in [6.07, 6.45) is 2.52. The quantitative estimate of drug-likeness (QED) is 0.840. The SMILES string of the molecule is O=c1[nH]c(=O)n([C@@H]2CS[C@H](CO)O2)cc1C=CBr. The Morgan fingerprint density at radius 1 is 1.67 bits per heavy atom. The molecule has 0 bridgehead atoms. The number of nitrogens with zero attached hydrogens (tertiary/aromatic N) is 1. The van der Waals surface area contributed by atoms with Gasteiger partial charge in [0.05, 0.1) is 12.2 Å². The molecule has 1 aromatic rings. The maximum atomic E-state index is 11.7. The van der Waals surface area contributed by atoms with E-state index in [-0.39, 0.29) is 12.0 Å².